The maximum absolute atomic E-state index is 12.0. The maximum atomic E-state index is 12.0. The zero-order valence-corrected chi connectivity index (χ0v) is 13.6. The minimum atomic E-state index is -0.843. The van der Waals surface area contributed by atoms with Crippen LogP contribution in [0, 0.1) is 13.8 Å². The van der Waals surface area contributed by atoms with Crippen LogP contribution in [0.1, 0.15) is 23.6 Å². The molecule has 0 aliphatic carbocycles. The van der Waals surface area contributed by atoms with E-state index in [1.165, 1.54) is 6.92 Å². The quantitative estimate of drug-likeness (QED) is 0.657. The second kappa shape index (κ2) is 7.13. The Kier molecular flexibility index (Phi) is 5.21. The van der Waals surface area contributed by atoms with Crippen molar-refractivity contribution < 1.29 is 18.7 Å². The van der Waals surface area contributed by atoms with Gasteiger partial charge in [0.1, 0.15) is 5.58 Å². The van der Waals surface area contributed by atoms with Crippen molar-refractivity contribution in [2.75, 3.05) is 6.54 Å². The number of hydrogen-bond donors (Lipinski definition) is 1. The van der Waals surface area contributed by atoms with Crippen molar-refractivity contribution >= 4 is 22.8 Å². The van der Waals surface area contributed by atoms with E-state index in [0.717, 1.165) is 27.7 Å². The zero-order valence-electron chi connectivity index (χ0n) is 13.6. The molecule has 1 amide bonds. The fourth-order valence-corrected chi connectivity index (χ4v) is 2.24. The number of furan rings is 1. The molecule has 1 heterocycles. The zero-order chi connectivity index (χ0) is 17.0. The van der Waals surface area contributed by atoms with Gasteiger partial charge in [-0.3, -0.25) is 9.59 Å². The van der Waals surface area contributed by atoms with Gasteiger partial charge in [-0.25, -0.2) is 0 Å². The van der Waals surface area contributed by atoms with Gasteiger partial charge in [-0.1, -0.05) is 6.08 Å². The summed E-state index contributed by atoms with van der Waals surface area (Å²) >= 11 is 0. The van der Waals surface area contributed by atoms with Gasteiger partial charge in [0.15, 0.2) is 6.10 Å². The van der Waals surface area contributed by atoms with Crippen LogP contribution < -0.4 is 5.32 Å². The highest BCUT2D eigenvalue weighted by Gasteiger charge is 2.19. The Hall–Kier alpha value is -2.56. The van der Waals surface area contributed by atoms with E-state index >= 15 is 0 Å². The third-order valence-corrected chi connectivity index (χ3v) is 3.70. The lowest BCUT2D eigenvalue weighted by Gasteiger charge is -2.12. The molecule has 0 aliphatic rings. The molecule has 0 fully saturated rings. The lowest BCUT2D eigenvalue weighted by atomic mass is 10.0. The SMILES string of the molecule is C=CCNC(=O)[C@@H](C)OC(=O)Cc1coc2cc(C)c(C)cc12. The van der Waals surface area contributed by atoms with Gasteiger partial charge >= 0.3 is 5.97 Å². The molecule has 5 heteroatoms. The van der Waals surface area contributed by atoms with Gasteiger partial charge in [0.2, 0.25) is 0 Å². The second-order valence-electron chi connectivity index (χ2n) is 5.54. The highest BCUT2D eigenvalue weighted by Crippen LogP contribution is 2.25. The first-order chi connectivity index (χ1) is 10.9. The molecule has 0 saturated heterocycles. The van der Waals surface area contributed by atoms with E-state index in [1.54, 1.807) is 12.3 Å². The molecule has 5 nitrogen and oxygen atoms in total. The van der Waals surface area contributed by atoms with Crippen LogP contribution in [0.3, 0.4) is 0 Å². The highest BCUT2D eigenvalue weighted by molar-refractivity contribution is 5.88. The average molecular weight is 315 g/mol. The number of ether oxygens (including phenoxy) is 1. The van der Waals surface area contributed by atoms with E-state index in [4.69, 9.17) is 9.15 Å². The Bertz CT molecular complexity index is 745. The maximum Gasteiger partial charge on any atom is 0.311 e. The Labute approximate surface area is 135 Å². The first-order valence-corrected chi connectivity index (χ1v) is 7.47. The fraction of sp³-hybridized carbons (Fsp3) is 0.333. The summed E-state index contributed by atoms with van der Waals surface area (Å²) in [5.41, 5.74) is 3.76. The molecule has 0 bridgehead atoms. The van der Waals surface area contributed by atoms with Crippen LogP contribution in [0.15, 0.2) is 35.5 Å². The fourth-order valence-electron chi connectivity index (χ4n) is 2.24. The molecule has 1 N–H and O–H groups in total. The van der Waals surface area contributed by atoms with Gasteiger partial charge in [-0.2, -0.15) is 0 Å². The molecule has 2 rings (SSSR count). The molecular weight excluding hydrogens is 294 g/mol. The van der Waals surface area contributed by atoms with Gasteiger partial charge in [0.05, 0.1) is 12.7 Å². The van der Waals surface area contributed by atoms with Crippen molar-refractivity contribution in [3.8, 4) is 0 Å². The number of aryl methyl sites for hydroxylation is 2. The molecule has 0 saturated carbocycles. The van der Waals surface area contributed by atoms with Gasteiger partial charge < -0.3 is 14.5 Å². The highest BCUT2D eigenvalue weighted by atomic mass is 16.5. The minimum absolute atomic E-state index is 0.0641. The molecule has 0 aliphatic heterocycles. The number of esters is 1. The summed E-state index contributed by atoms with van der Waals surface area (Å²) in [5.74, 6) is -0.811. The number of carbonyl (C=O) groups is 2. The van der Waals surface area contributed by atoms with Crippen molar-refractivity contribution in [1.29, 1.82) is 0 Å². The third kappa shape index (κ3) is 4.00. The number of hydrogen-bond acceptors (Lipinski definition) is 4. The van der Waals surface area contributed by atoms with E-state index in [-0.39, 0.29) is 12.3 Å². The van der Waals surface area contributed by atoms with Crippen LogP contribution >= 0.6 is 0 Å². The number of carbonyl (C=O) groups excluding carboxylic acids is 2. The number of nitrogens with one attached hydrogen (secondary N) is 1. The van der Waals surface area contributed by atoms with E-state index in [1.807, 2.05) is 26.0 Å². The van der Waals surface area contributed by atoms with Crippen LogP contribution in [0.5, 0.6) is 0 Å². The Morgan fingerprint density at radius 2 is 2.04 bits per heavy atom. The summed E-state index contributed by atoms with van der Waals surface area (Å²) in [4.78, 5) is 23.7. The number of amides is 1. The van der Waals surface area contributed by atoms with Crippen LogP contribution in [0.4, 0.5) is 0 Å². The van der Waals surface area contributed by atoms with Gasteiger partial charge in [0, 0.05) is 17.5 Å². The smallest absolute Gasteiger partial charge is 0.311 e. The Balaban J connectivity index is 2.04. The first kappa shape index (κ1) is 16.8. The van der Waals surface area contributed by atoms with Gasteiger partial charge in [-0.15, -0.1) is 6.58 Å². The first-order valence-electron chi connectivity index (χ1n) is 7.47. The van der Waals surface area contributed by atoms with Crippen molar-refractivity contribution in [2.45, 2.75) is 33.3 Å². The Morgan fingerprint density at radius 3 is 2.74 bits per heavy atom. The molecule has 1 aromatic carbocycles. The predicted octanol–water partition coefficient (Wildman–Crippen LogP) is 2.83. The molecule has 23 heavy (non-hydrogen) atoms. The molecule has 0 radical (unpaired) electrons. The number of fused-ring (bicyclic) bond motifs is 1. The summed E-state index contributed by atoms with van der Waals surface area (Å²) in [6.45, 7) is 9.41. The van der Waals surface area contributed by atoms with Crippen LogP contribution in [-0.4, -0.2) is 24.5 Å². The topological polar surface area (TPSA) is 68.5 Å². The standard InChI is InChI=1S/C18H21NO4/c1-5-6-19-18(21)13(4)23-17(20)9-14-10-22-16-8-12(3)11(2)7-15(14)16/h5,7-8,10,13H,1,6,9H2,2-4H3,(H,19,21)/t13-/m1/s1. The molecule has 0 unspecified atom stereocenters. The van der Waals surface area contributed by atoms with Crippen LogP contribution in [-0.2, 0) is 20.7 Å². The summed E-state index contributed by atoms with van der Waals surface area (Å²) in [6.07, 6.45) is 2.35. The largest absolute Gasteiger partial charge is 0.464 e. The molecule has 1 atom stereocenters. The van der Waals surface area contributed by atoms with Crippen molar-refractivity contribution in [3.63, 3.8) is 0 Å². The minimum Gasteiger partial charge on any atom is -0.464 e. The van der Waals surface area contributed by atoms with Gasteiger partial charge in [-0.05, 0) is 44.0 Å². The van der Waals surface area contributed by atoms with Crippen LogP contribution in [0.25, 0.3) is 11.0 Å². The van der Waals surface area contributed by atoms with E-state index < -0.39 is 12.1 Å². The average Bonchev–Trinajstić information content (AvgIpc) is 2.87. The van der Waals surface area contributed by atoms with E-state index in [2.05, 4.69) is 11.9 Å². The molecular formula is C18H21NO4. The lowest BCUT2D eigenvalue weighted by Crippen LogP contribution is -2.36. The summed E-state index contributed by atoms with van der Waals surface area (Å²) in [7, 11) is 0. The number of benzene rings is 1. The normalized spacial score (nSPS) is 12.0. The molecule has 0 spiro atoms. The van der Waals surface area contributed by atoms with E-state index in [0.29, 0.717) is 6.54 Å². The number of rotatable bonds is 6. The lowest BCUT2D eigenvalue weighted by molar-refractivity contribution is -0.154. The second-order valence-corrected chi connectivity index (χ2v) is 5.54. The van der Waals surface area contributed by atoms with E-state index in [9.17, 15) is 9.59 Å². The molecule has 2 aromatic rings. The third-order valence-electron chi connectivity index (χ3n) is 3.70. The van der Waals surface area contributed by atoms with Crippen molar-refractivity contribution in [3.05, 3.63) is 47.7 Å². The monoisotopic (exact) mass is 315 g/mol. The van der Waals surface area contributed by atoms with Crippen LogP contribution in [0.2, 0.25) is 0 Å². The predicted molar refractivity (Wildman–Crippen MR) is 88.2 cm³/mol. The van der Waals surface area contributed by atoms with Crippen molar-refractivity contribution in [2.24, 2.45) is 0 Å². The van der Waals surface area contributed by atoms with Crippen molar-refractivity contribution in [1.82, 2.24) is 5.32 Å². The summed E-state index contributed by atoms with van der Waals surface area (Å²) in [6, 6.07) is 3.95. The molecule has 1 aromatic heterocycles. The van der Waals surface area contributed by atoms with Gasteiger partial charge in [0.25, 0.3) is 5.91 Å². The Morgan fingerprint density at radius 1 is 1.35 bits per heavy atom. The summed E-state index contributed by atoms with van der Waals surface area (Å²) < 4.78 is 10.7. The summed E-state index contributed by atoms with van der Waals surface area (Å²) in [5, 5.41) is 3.48. The molecule has 122 valence electrons.